The monoisotopic (exact) mass is 278 g/mol. The van der Waals surface area contributed by atoms with E-state index in [1.165, 1.54) is 0 Å². The zero-order valence-corrected chi connectivity index (χ0v) is 11.7. The van der Waals surface area contributed by atoms with E-state index in [0.29, 0.717) is 17.5 Å². The van der Waals surface area contributed by atoms with Crippen LogP contribution in [0.2, 0.25) is 0 Å². The summed E-state index contributed by atoms with van der Waals surface area (Å²) in [5.74, 6) is 6.37. The minimum absolute atomic E-state index is 0.0749. The molecule has 0 spiro atoms. The normalized spacial score (nSPS) is 19.2. The van der Waals surface area contributed by atoms with Gasteiger partial charge >= 0.3 is 0 Å². The van der Waals surface area contributed by atoms with Crippen LogP contribution in [0.15, 0.2) is 6.07 Å². The van der Waals surface area contributed by atoms with Gasteiger partial charge in [-0.15, -0.1) is 0 Å². The smallest absolute Gasteiger partial charge is 0.249 e. The van der Waals surface area contributed by atoms with Crippen molar-refractivity contribution in [3.8, 4) is 0 Å². The van der Waals surface area contributed by atoms with E-state index in [-0.39, 0.29) is 24.3 Å². The number of hydrogen-bond donors (Lipinski definition) is 3. The second-order valence-corrected chi connectivity index (χ2v) is 4.98. The Morgan fingerprint density at radius 2 is 2.15 bits per heavy atom. The highest BCUT2D eigenvalue weighted by Gasteiger charge is 2.31. The molecule has 1 unspecified atom stereocenters. The molecule has 0 aliphatic carbocycles. The van der Waals surface area contributed by atoms with E-state index in [1.807, 2.05) is 13.8 Å². The van der Waals surface area contributed by atoms with Gasteiger partial charge in [-0.1, -0.05) is 13.8 Å². The van der Waals surface area contributed by atoms with E-state index in [9.17, 15) is 9.59 Å². The van der Waals surface area contributed by atoms with Gasteiger partial charge in [-0.25, -0.2) is 15.8 Å². The maximum atomic E-state index is 11.7. The Bertz CT molecular complexity index is 545. The second kappa shape index (κ2) is 5.41. The summed E-state index contributed by atoms with van der Waals surface area (Å²) < 4.78 is 0. The summed E-state index contributed by atoms with van der Waals surface area (Å²) in [6, 6.07) is 1.14. The van der Waals surface area contributed by atoms with Crippen molar-refractivity contribution in [1.29, 1.82) is 0 Å². The van der Waals surface area contributed by atoms with Crippen LogP contribution in [0, 0.1) is 0 Å². The van der Waals surface area contributed by atoms with Crippen LogP contribution in [0.4, 0.5) is 11.6 Å². The van der Waals surface area contributed by atoms with Crippen LogP contribution < -0.4 is 21.5 Å². The molecule has 1 fully saturated rings. The molecule has 0 saturated carbocycles. The molecule has 1 aliphatic rings. The highest BCUT2D eigenvalue weighted by atomic mass is 16.2. The number of hydrogen-bond acceptors (Lipinski definition) is 7. The molecular weight excluding hydrogens is 260 g/mol. The summed E-state index contributed by atoms with van der Waals surface area (Å²) in [6.45, 7) is 5.70. The Hall–Kier alpha value is -2.22. The Balaban J connectivity index is 2.42. The molecule has 2 amide bonds. The number of imide groups is 1. The van der Waals surface area contributed by atoms with Crippen molar-refractivity contribution >= 4 is 23.5 Å². The molecule has 1 atom stereocenters. The molecule has 8 heteroatoms. The number of nitrogen functional groups attached to an aromatic ring is 1. The van der Waals surface area contributed by atoms with E-state index in [0.717, 1.165) is 0 Å². The molecule has 2 rings (SSSR count). The van der Waals surface area contributed by atoms with Crippen molar-refractivity contribution in [2.75, 3.05) is 16.9 Å². The Morgan fingerprint density at radius 1 is 1.45 bits per heavy atom. The minimum Gasteiger partial charge on any atom is -0.335 e. The van der Waals surface area contributed by atoms with E-state index in [2.05, 4.69) is 20.7 Å². The van der Waals surface area contributed by atoms with Crippen molar-refractivity contribution in [2.24, 2.45) is 5.84 Å². The number of carbonyl (C=O) groups excluding carboxylic acids is 2. The molecule has 1 aromatic rings. The van der Waals surface area contributed by atoms with Gasteiger partial charge in [-0.2, -0.15) is 0 Å². The number of rotatable bonds is 3. The predicted molar refractivity (Wildman–Crippen MR) is 73.9 cm³/mol. The standard InChI is InChI=1S/C12H18N6O2/c1-6(2)11-14-8(17-13)4-9(15-11)18-5-10(19)16-12(20)7(18)3/h4,6-7H,5,13H2,1-3H3,(H,14,15,17)(H,16,19,20). The average molecular weight is 278 g/mol. The summed E-state index contributed by atoms with van der Waals surface area (Å²) in [4.78, 5) is 33.5. The fourth-order valence-corrected chi connectivity index (χ4v) is 1.93. The Morgan fingerprint density at radius 3 is 2.75 bits per heavy atom. The zero-order chi connectivity index (χ0) is 14.9. The number of anilines is 2. The number of piperazine rings is 1. The Labute approximate surface area is 116 Å². The summed E-state index contributed by atoms with van der Waals surface area (Å²) in [5.41, 5.74) is 2.48. The summed E-state index contributed by atoms with van der Waals surface area (Å²) in [6.07, 6.45) is 0. The topological polar surface area (TPSA) is 113 Å². The number of nitrogens with one attached hydrogen (secondary N) is 2. The summed E-state index contributed by atoms with van der Waals surface area (Å²) >= 11 is 0. The van der Waals surface area contributed by atoms with Crippen LogP contribution in [0.3, 0.4) is 0 Å². The van der Waals surface area contributed by atoms with Crippen LogP contribution in [-0.2, 0) is 9.59 Å². The fourth-order valence-electron chi connectivity index (χ4n) is 1.93. The molecule has 20 heavy (non-hydrogen) atoms. The number of nitrogens with two attached hydrogens (primary N) is 1. The SMILES string of the molecule is CC(C)c1nc(NN)cc(N2CC(=O)NC(=O)C2C)n1. The molecule has 0 radical (unpaired) electrons. The predicted octanol–water partition coefficient (Wildman–Crippen LogP) is -0.263. The van der Waals surface area contributed by atoms with E-state index in [1.54, 1.807) is 17.9 Å². The van der Waals surface area contributed by atoms with Gasteiger partial charge in [0, 0.05) is 12.0 Å². The number of amides is 2. The van der Waals surface area contributed by atoms with E-state index < -0.39 is 6.04 Å². The molecule has 1 saturated heterocycles. The second-order valence-electron chi connectivity index (χ2n) is 4.98. The van der Waals surface area contributed by atoms with Gasteiger partial charge in [0.05, 0.1) is 6.54 Å². The van der Waals surface area contributed by atoms with Gasteiger partial charge in [0.2, 0.25) is 11.8 Å². The van der Waals surface area contributed by atoms with Crippen molar-refractivity contribution in [1.82, 2.24) is 15.3 Å². The van der Waals surface area contributed by atoms with Crippen molar-refractivity contribution < 1.29 is 9.59 Å². The first-order chi connectivity index (χ1) is 9.42. The molecule has 1 aromatic heterocycles. The quantitative estimate of drug-likeness (QED) is 0.396. The first kappa shape index (κ1) is 14.2. The molecule has 8 nitrogen and oxygen atoms in total. The molecule has 108 valence electrons. The minimum atomic E-state index is -0.478. The molecule has 0 bridgehead atoms. The lowest BCUT2D eigenvalue weighted by Gasteiger charge is -2.32. The van der Waals surface area contributed by atoms with Crippen LogP contribution in [0.5, 0.6) is 0 Å². The number of carbonyl (C=O) groups is 2. The maximum Gasteiger partial charge on any atom is 0.249 e. The third-order valence-corrected chi connectivity index (χ3v) is 3.11. The van der Waals surface area contributed by atoms with Crippen molar-refractivity contribution in [3.63, 3.8) is 0 Å². The van der Waals surface area contributed by atoms with Crippen LogP contribution >= 0.6 is 0 Å². The summed E-state index contributed by atoms with van der Waals surface area (Å²) in [7, 11) is 0. The highest BCUT2D eigenvalue weighted by Crippen LogP contribution is 2.22. The van der Waals surface area contributed by atoms with Crippen LogP contribution in [-0.4, -0.2) is 34.4 Å². The molecule has 1 aliphatic heterocycles. The average Bonchev–Trinajstić information content (AvgIpc) is 2.42. The summed E-state index contributed by atoms with van der Waals surface area (Å²) in [5, 5.41) is 2.29. The maximum absolute atomic E-state index is 11.7. The first-order valence-corrected chi connectivity index (χ1v) is 6.38. The van der Waals surface area contributed by atoms with Crippen molar-refractivity contribution in [2.45, 2.75) is 32.7 Å². The van der Waals surface area contributed by atoms with Crippen LogP contribution in [0.1, 0.15) is 32.5 Å². The third kappa shape index (κ3) is 2.69. The third-order valence-electron chi connectivity index (χ3n) is 3.11. The molecule has 2 heterocycles. The van der Waals surface area contributed by atoms with Gasteiger partial charge in [-0.3, -0.25) is 14.9 Å². The molecule has 4 N–H and O–H groups in total. The zero-order valence-electron chi connectivity index (χ0n) is 11.7. The van der Waals surface area contributed by atoms with E-state index in [4.69, 9.17) is 5.84 Å². The number of nitrogens with zero attached hydrogens (tertiary/aromatic N) is 3. The lowest BCUT2D eigenvalue weighted by molar-refractivity contribution is -0.132. The lowest BCUT2D eigenvalue weighted by atomic mass is 10.2. The van der Waals surface area contributed by atoms with Gasteiger partial charge in [0.1, 0.15) is 23.5 Å². The van der Waals surface area contributed by atoms with Gasteiger partial charge in [0.15, 0.2) is 0 Å². The molecule has 0 aromatic carbocycles. The number of aromatic nitrogens is 2. The highest BCUT2D eigenvalue weighted by molar-refractivity contribution is 6.04. The van der Waals surface area contributed by atoms with Crippen molar-refractivity contribution in [3.05, 3.63) is 11.9 Å². The molecular formula is C12H18N6O2. The van der Waals surface area contributed by atoms with Crippen LogP contribution in [0.25, 0.3) is 0 Å². The van der Waals surface area contributed by atoms with Gasteiger partial charge in [-0.05, 0) is 6.92 Å². The largest absolute Gasteiger partial charge is 0.335 e. The number of hydrazine groups is 1. The lowest BCUT2D eigenvalue weighted by Crippen LogP contribution is -2.57. The Kier molecular flexibility index (Phi) is 3.84. The first-order valence-electron chi connectivity index (χ1n) is 6.38. The fraction of sp³-hybridized carbons (Fsp3) is 0.500. The van der Waals surface area contributed by atoms with Gasteiger partial charge in [0.25, 0.3) is 0 Å². The van der Waals surface area contributed by atoms with Gasteiger partial charge < -0.3 is 10.3 Å². The van der Waals surface area contributed by atoms with E-state index >= 15 is 0 Å².